The zero-order valence-electron chi connectivity index (χ0n) is 7.95. The van der Waals surface area contributed by atoms with Gasteiger partial charge in [-0.05, 0) is 30.5 Å². The van der Waals surface area contributed by atoms with E-state index in [1.165, 1.54) is 5.56 Å². The van der Waals surface area contributed by atoms with Crippen molar-refractivity contribution in [3.8, 4) is 0 Å². The maximum atomic E-state index is 10.0. The molecule has 0 saturated heterocycles. The Labute approximate surface area is 89.4 Å². The monoisotopic (exact) mass is 208 g/mol. The molecule has 0 aliphatic heterocycles. The number of halogens is 1. The summed E-state index contributed by atoms with van der Waals surface area (Å²) in [5.74, 6) is 0. The van der Waals surface area contributed by atoms with Gasteiger partial charge in [0.2, 0.25) is 0 Å². The average Bonchev–Trinajstić information content (AvgIpc) is 2.21. The number of hydrogen-bond acceptors (Lipinski definition) is 1. The quantitative estimate of drug-likeness (QED) is 0.412. The van der Waals surface area contributed by atoms with Crippen molar-refractivity contribution in [2.45, 2.75) is 19.3 Å². The van der Waals surface area contributed by atoms with Crippen LogP contribution in [-0.4, -0.2) is 6.29 Å². The van der Waals surface area contributed by atoms with Crippen molar-refractivity contribution in [1.29, 1.82) is 0 Å². The fourth-order valence-corrected chi connectivity index (χ4v) is 1.25. The second kappa shape index (κ2) is 6.39. The first-order chi connectivity index (χ1) is 6.83. The fourth-order valence-electron chi connectivity index (χ4n) is 1.12. The first kappa shape index (κ1) is 11.0. The van der Waals surface area contributed by atoms with Gasteiger partial charge in [0, 0.05) is 11.4 Å². The molecule has 1 aromatic rings. The summed E-state index contributed by atoms with van der Waals surface area (Å²) in [7, 11) is 0. The highest BCUT2D eigenvalue weighted by atomic mass is 35.5. The van der Waals surface area contributed by atoms with Crippen LogP contribution >= 0.6 is 11.6 Å². The molecule has 0 heterocycles. The van der Waals surface area contributed by atoms with Crippen LogP contribution in [0, 0.1) is 0 Å². The van der Waals surface area contributed by atoms with Crippen LogP contribution in [0.5, 0.6) is 0 Å². The average molecular weight is 209 g/mol. The Balaban J connectivity index is 2.34. The lowest BCUT2D eigenvalue weighted by Crippen LogP contribution is -1.79. The van der Waals surface area contributed by atoms with E-state index in [1.807, 2.05) is 30.3 Å². The summed E-state index contributed by atoms with van der Waals surface area (Å²) in [5, 5.41) is 0.763. The van der Waals surface area contributed by atoms with E-state index in [0.29, 0.717) is 6.42 Å². The Morgan fingerprint density at radius 3 is 2.43 bits per heavy atom. The summed E-state index contributed by atoms with van der Waals surface area (Å²) in [6.45, 7) is 0. The van der Waals surface area contributed by atoms with E-state index in [2.05, 4.69) is 6.08 Å². The van der Waals surface area contributed by atoms with E-state index in [1.54, 1.807) is 0 Å². The number of carbonyl (C=O) groups is 1. The van der Waals surface area contributed by atoms with Crippen LogP contribution in [0.1, 0.15) is 18.4 Å². The standard InChI is InChI=1S/C12H13ClO/c13-12-8-6-11(7-9-12)5-3-1-2-4-10-14/h1,3,6-10H,2,4-5H2. The molecule has 0 radical (unpaired) electrons. The normalized spacial score (nSPS) is 10.6. The summed E-state index contributed by atoms with van der Waals surface area (Å²) >= 11 is 5.76. The molecule has 0 amide bonds. The summed E-state index contributed by atoms with van der Waals surface area (Å²) in [4.78, 5) is 10.0. The highest BCUT2D eigenvalue weighted by molar-refractivity contribution is 6.30. The Morgan fingerprint density at radius 2 is 1.79 bits per heavy atom. The second-order valence-corrected chi connectivity index (χ2v) is 3.48. The molecule has 1 aromatic carbocycles. The molecule has 14 heavy (non-hydrogen) atoms. The largest absolute Gasteiger partial charge is 0.303 e. The minimum absolute atomic E-state index is 0.608. The molecule has 0 N–H and O–H groups in total. The molecule has 0 saturated carbocycles. The van der Waals surface area contributed by atoms with Gasteiger partial charge in [0.1, 0.15) is 6.29 Å². The van der Waals surface area contributed by atoms with Crippen LogP contribution in [0.4, 0.5) is 0 Å². The van der Waals surface area contributed by atoms with Gasteiger partial charge < -0.3 is 4.79 Å². The lowest BCUT2D eigenvalue weighted by molar-refractivity contribution is -0.107. The molecule has 0 aromatic heterocycles. The molecule has 0 aliphatic carbocycles. The Morgan fingerprint density at radius 1 is 1.07 bits per heavy atom. The Kier molecular flexibility index (Phi) is 5.02. The molecule has 0 unspecified atom stereocenters. The maximum absolute atomic E-state index is 10.0. The molecule has 0 atom stereocenters. The molecule has 2 heteroatoms. The zero-order valence-corrected chi connectivity index (χ0v) is 8.70. The molecule has 0 aliphatic rings. The highest BCUT2D eigenvalue weighted by Gasteiger charge is 1.89. The number of unbranched alkanes of at least 4 members (excludes halogenated alkanes) is 1. The lowest BCUT2D eigenvalue weighted by atomic mass is 10.1. The molecular weight excluding hydrogens is 196 g/mol. The van der Waals surface area contributed by atoms with E-state index in [0.717, 1.165) is 24.2 Å². The number of carbonyl (C=O) groups excluding carboxylic acids is 1. The van der Waals surface area contributed by atoms with Crippen molar-refractivity contribution in [3.05, 3.63) is 47.0 Å². The lowest BCUT2D eigenvalue weighted by Gasteiger charge is -1.95. The van der Waals surface area contributed by atoms with Gasteiger partial charge in [-0.25, -0.2) is 0 Å². The number of benzene rings is 1. The van der Waals surface area contributed by atoms with Crippen molar-refractivity contribution in [1.82, 2.24) is 0 Å². The summed E-state index contributed by atoms with van der Waals surface area (Å²) in [6.07, 6.45) is 7.38. The van der Waals surface area contributed by atoms with Crippen LogP contribution in [0.3, 0.4) is 0 Å². The number of hydrogen-bond donors (Lipinski definition) is 0. The molecule has 1 nitrogen and oxygen atoms in total. The molecule has 0 bridgehead atoms. The van der Waals surface area contributed by atoms with Crippen LogP contribution in [0.2, 0.25) is 5.02 Å². The summed E-state index contributed by atoms with van der Waals surface area (Å²) in [6, 6.07) is 7.78. The Hall–Kier alpha value is -1.08. The van der Waals surface area contributed by atoms with Crippen molar-refractivity contribution in [2.24, 2.45) is 0 Å². The van der Waals surface area contributed by atoms with Crippen LogP contribution in [-0.2, 0) is 11.2 Å². The van der Waals surface area contributed by atoms with Crippen LogP contribution in [0.25, 0.3) is 0 Å². The summed E-state index contributed by atoms with van der Waals surface area (Å²) < 4.78 is 0. The van der Waals surface area contributed by atoms with Gasteiger partial charge in [0.15, 0.2) is 0 Å². The van der Waals surface area contributed by atoms with E-state index >= 15 is 0 Å². The SMILES string of the molecule is O=CCCC=CCc1ccc(Cl)cc1. The second-order valence-electron chi connectivity index (χ2n) is 3.05. The first-order valence-electron chi connectivity index (χ1n) is 4.66. The van der Waals surface area contributed by atoms with Crippen molar-refractivity contribution in [3.63, 3.8) is 0 Å². The number of aldehydes is 1. The van der Waals surface area contributed by atoms with Gasteiger partial charge >= 0.3 is 0 Å². The Bertz CT molecular complexity index is 301. The fraction of sp³-hybridized carbons (Fsp3) is 0.250. The van der Waals surface area contributed by atoms with Gasteiger partial charge in [-0.3, -0.25) is 0 Å². The third kappa shape index (κ3) is 4.24. The van der Waals surface area contributed by atoms with E-state index in [-0.39, 0.29) is 0 Å². The number of rotatable bonds is 5. The van der Waals surface area contributed by atoms with E-state index in [9.17, 15) is 4.79 Å². The van der Waals surface area contributed by atoms with Gasteiger partial charge in [-0.1, -0.05) is 35.9 Å². The minimum atomic E-state index is 0.608. The van der Waals surface area contributed by atoms with Gasteiger partial charge in [0.05, 0.1) is 0 Å². The van der Waals surface area contributed by atoms with Crippen molar-refractivity contribution < 1.29 is 4.79 Å². The van der Waals surface area contributed by atoms with Gasteiger partial charge in [-0.15, -0.1) is 0 Å². The highest BCUT2D eigenvalue weighted by Crippen LogP contribution is 2.10. The predicted octanol–water partition coefficient (Wildman–Crippen LogP) is 3.42. The van der Waals surface area contributed by atoms with Crippen LogP contribution in [0.15, 0.2) is 36.4 Å². The third-order valence-corrected chi connectivity index (χ3v) is 2.14. The van der Waals surface area contributed by atoms with Crippen LogP contribution < -0.4 is 0 Å². The minimum Gasteiger partial charge on any atom is -0.303 e. The zero-order chi connectivity index (χ0) is 10.2. The molecule has 1 rings (SSSR count). The van der Waals surface area contributed by atoms with Crippen molar-refractivity contribution >= 4 is 17.9 Å². The van der Waals surface area contributed by atoms with Crippen molar-refractivity contribution in [2.75, 3.05) is 0 Å². The molecule has 74 valence electrons. The summed E-state index contributed by atoms with van der Waals surface area (Å²) in [5.41, 5.74) is 1.23. The smallest absolute Gasteiger partial charge is 0.120 e. The maximum Gasteiger partial charge on any atom is 0.120 e. The number of allylic oxidation sites excluding steroid dienone is 2. The third-order valence-electron chi connectivity index (χ3n) is 1.88. The topological polar surface area (TPSA) is 17.1 Å². The molecule has 0 spiro atoms. The van der Waals surface area contributed by atoms with Gasteiger partial charge in [-0.2, -0.15) is 0 Å². The van der Waals surface area contributed by atoms with E-state index < -0.39 is 0 Å². The predicted molar refractivity (Wildman–Crippen MR) is 59.6 cm³/mol. The molecule has 0 fully saturated rings. The first-order valence-corrected chi connectivity index (χ1v) is 5.04. The van der Waals surface area contributed by atoms with E-state index in [4.69, 9.17) is 11.6 Å². The van der Waals surface area contributed by atoms with Gasteiger partial charge in [0.25, 0.3) is 0 Å². The molecular formula is C12H13ClO.